The fourth-order valence-corrected chi connectivity index (χ4v) is 2.42. The van der Waals surface area contributed by atoms with Crippen molar-refractivity contribution in [3.63, 3.8) is 0 Å². The number of aromatic nitrogens is 1. The van der Waals surface area contributed by atoms with E-state index in [4.69, 9.17) is 0 Å². The summed E-state index contributed by atoms with van der Waals surface area (Å²) in [7, 11) is 0. The predicted octanol–water partition coefficient (Wildman–Crippen LogP) is 2.35. The van der Waals surface area contributed by atoms with E-state index in [2.05, 4.69) is 15.6 Å². The largest absolute Gasteiger partial charge is 0.506 e. The van der Waals surface area contributed by atoms with E-state index in [1.165, 1.54) is 17.4 Å². The third kappa shape index (κ3) is 3.57. The Morgan fingerprint density at radius 1 is 1.14 bits per heavy atom. The van der Waals surface area contributed by atoms with Gasteiger partial charge in [-0.15, -0.1) is 11.3 Å². The zero-order valence-electron chi connectivity index (χ0n) is 11.9. The molecule has 0 spiro atoms. The van der Waals surface area contributed by atoms with Gasteiger partial charge in [-0.25, -0.2) is 4.98 Å². The maximum atomic E-state index is 11.8. The summed E-state index contributed by atoms with van der Waals surface area (Å²) in [6.07, 6.45) is 0. The molecule has 0 bridgehead atoms. The van der Waals surface area contributed by atoms with Gasteiger partial charge in [0.15, 0.2) is 5.13 Å². The molecule has 3 N–H and O–H groups in total. The van der Waals surface area contributed by atoms with E-state index in [1.807, 2.05) is 20.8 Å². The van der Waals surface area contributed by atoms with Crippen LogP contribution in [0.15, 0.2) is 18.2 Å². The first kappa shape index (κ1) is 15.0. The molecule has 0 fully saturated rings. The van der Waals surface area contributed by atoms with Crippen LogP contribution >= 0.6 is 11.3 Å². The van der Waals surface area contributed by atoms with Crippen molar-refractivity contribution >= 4 is 34.0 Å². The van der Waals surface area contributed by atoms with Crippen LogP contribution in [0.2, 0.25) is 0 Å². The number of thiazole rings is 1. The van der Waals surface area contributed by atoms with Crippen LogP contribution in [-0.4, -0.2) is 21.9 Å². The molecule has 0 atom stereocenters. The number of nitrogens with one attached hydrogen (secondary N) is 2. The highest BCUT2D eigenvalue weighted by molar-refractivity contribution is 7.15. The molecule has 6 nitrogen and oxygen atoms in total. The molecule has 0 unspecified atom stereocenters. The lowest BCUT2D eigenvalue weighted by Gasteiger charge is -2.07. The highest BCUT2D eigenvalue weighted by Crippen LogP contribution is 2.24. The lowest BCUT2D eigenvalue weighted by atomic mass is 10.2. The van der Waals surface area contributed by atoms with E-state index in [1.54, 1.807) is 12.1 Å². The van der Waals surface area contributed by atoms with Crippen LogP contribution in [0.25, 0.3) is 0 Å². The number of nitrogens with zero attached hydrogens (tertiary/aromatic N) is 1. The molecule has 21 heavy (non-hydrogen) atoms. The molecule has 2 rings (SSSR count). The Balaban J connectivity index is 2.06. The number of hydrogen-bond acceptors (Lipinski definition) is 5. The first-order chi connectivity index (χ1) is 9.86. The first-order valence-electron chi connectivity index (χ1n) is 6.23. The van der Waals surface area contributed by atoms with Gasteiger partial charge in [-0.2, -0.15) is 0 Å². The molecule has 2 amide bonds. The Labute approximate surface area is 125 Å². The fourth-order valence-electron chi connectivity index (χ4n) is 1.61. The average molecular weight is 305 g/mol. The number of aryl methyl sites for hydroxylation is 3. The van der Waals surface area contributed by atoms with E-state index in [0.717, 1.165) is 16.1 Å². The van der Waals surface area contributed by atoms with E-state index in [0.29, 0.717) is 5.13 Å². The Hall–Kier alpha value is -2.41. The van der Waals surface area contributed by atoms with Crippen LogP contribution in [0.3, 0.4) is 0 Å². The van der Waals surface area contributed by atoms with Crippen LogP contribution in [0.4, 0.5) is 10.8 Å². The second-order valence-electron chi connectivity index (χ2n) is 4.59. The molecule has 1 heterocycles. The molecule has 0 saturated heterocycles. The lowest BCUT2D eigenvalue weighted by Crippen LogP contribution is -2.29. The summed E-state index contributed by atoms with van der Waals surface area (Å²) in [4.78, 5) is 28.7. The average Bonchev–Trinajstić information content (AvgIpc) is 2.72. The van der Waals surface area contributed by atoms with Crippen molar-refractivity contribution in [2.24, 2.45) is 0 Å². The summed E-state index contributed by atoms with van der Waals surface area (Å²) >= 11 is 1.30. The van der Waals surface area contributed by atoms with Crippen molar-refractivity contribution in [1.29, 1.82) is 0 Å². The van der Waals surface area contributed by atoms with Crippen molar-refractivity contribution in [1.82, 2.24) is 4.98 Å². The normalized spacial score (nSPS) is 10.2. The van der Waals surface area contributed by atoms with E-state index in [-0.39, 0.29) is 11.4 Å². The minimum Gasteiger partial charge on any atom is -0.506 e. The number of aromatic hydroxyl groups is 1. The summed E-state index contributed by atoms with van der Waals surface area (Å²) in [6.45, 7) is 5.52. The van der Waals surface area contributed by atoms with Gasteiger partial charge in [0.2, 0.25) is 0 Å². The molecule has 0 aliphatic rings. The van der Waals surface area contributed by atoms with E-state index >= 15 is 0 Å². The van der Waals surface area contributed by atoms with Gasteiger partial charge in [0.1, 0.15) is 5.75 Å². The number of phenolic OH excluding ortho intramolecular Hbond substituents is 1. The molecule has 0 radical (unpaired) electrons. The van der Waals surface area contributed by atoms with Gasteiger partial charge in [-0.1, -0.05) is 6.07 Å². The number of amides is 2. The van der Waals surface area contributed by atoms with E-state index in [9.17, 15) is 14.7 Å². The number of benzene rings is 1. The van der Waals surface area contributed by atoms with Gasteiger partial charge in [0.05, 0.1) is 11.4 Å². The van der Waals surface area contributed by atoms with Gasteiger partial charge in [-0.3, -0.25) is 14.9 Å². The third-order valence-electron chi connectivity index (χ3n) is 2.86. The molecular formula is C14H15N3O3S. The van der Waals surface area contributed by atoms with Crippen molar-refractivity contribution in [2.75, 3.05) is 10.6 Å². The second kappa shape index (κ2) is 5.92. The van der Waals surface area contributed by atoms with Gasteiger partial charge in [-0.05, 0) is 38.5 Å². The standard InChI is InChI=1S/C14H15N3O3S/c1-7-4-5-11(18)10(6-7)16-12(19)13(20)17-14-15-8(2)9(3)21-14/h4-6,18H,1-3H3,(H,16,19)(H,15,17,20). The highest BCUT2D eigenvalue weighted by atomic mass is 32.1. The summed E-state index contributed by atoms with van der Waals surface area (Å²) in [5, 5.41) is 14.8. The van der Waals surface area contributed by atoms with Gasteiger partial charge in [0.25, 0.3) is 0 Å². The number of phenols is 1. The number of carbonyl (C=O) groups is 2. The summed E-state index contributed by atoms with van der Waals surface area (Å²) in [6, 6.07) is 4.74. The van der Waals surface area contributed by atoms with Crippen LogP contribution < -0.4 is 10.6 Å². The predicted molar refractivity (Wildman–Crippen MR) is 81.7 cm³/mol. The maximum absolute atomic E-state index is 11.8. The van der Waals surface area contributed by atoms with Crippen molar-refractivity contribution in [2.45, 2.75) is 20.8 Å². The molecule has 1 aromatic carbocycles. The number of carbonyl (C=O) groups excluding carboxylic acids is 2. The zero-order chi connectivity index (χ0) is 15.6. The van der Waals surface area contributed by atoms with Crippen molar-refractivity contribution < 1.29 is 14.7 Å². The van der Waals surface area contributed by atoms with Crippen LogP contribution in [0, 0.1) is 20.8 Å². The summed E-state index contributed by atoms with van der Waals surface area (Å²) in [5.74, 6) is -1.78. The van der Waals surface area contributed by atoms with Crippen LogP contribution in [-0.2, 0) is 9.59 Å². The van der Waals surface area contributed by atoms with E-state index < -0.39 is 11.8 Å². The van der Waals surface area contributed by atoms with Crippen LogP contribution in [0.1, 0.15) is 16.1 Å². The Kier molecular flexibility index (Phi) is 4.23. The third-order valence-corrected chi connectivity index (χ3v) is 3.84. The topological polar surface area (TPSA) is 91.3 Å². The van der Waals surface area contributed by atoms with Crippen molar-refractivity contribution in [3.8, 4) is 5.75 Å². The minimum absolute atomic E-state index is 0.0947. The lowest BCUT2D eigenvalue weighted by molar-refractivity contribution is -0.133. The highest BCUT2D eigenvalue weighted by Gasteiger charge is 2.17. The van der Waals surface area contributed by atoms with Gasteiger partial charge >= 0.3 is 11.8 Å². The summed E-state index contributed by atoms with van der Waals surface area (Å²) in [5.41, 5.74) is 1.86. The molecule has 0 aliphatic carbocycles. The Morgan fingerprint density at radius 2 is 1.81 bits per heavy atom. The molecular weight excluding hydrogens is 290 g/mol. The minimum atomic E-state index is -0.860. The summed E-state index contributed by atoms with van der Waals surface area (Å²) < 4.78 is 0. The van der Waals surface area contributed by atoms with Crippen molar-refractivity contribution in [3.05, 3.63) is 34.3 Å². The molecule has 1 aromatic heterocycles. The monoisotopic (exact) mass is 305 g/mol. The van der Waals surface area contributed by atoms with Gasteiger partial charge in [0, 0.05) is 4.88 Å². The molecule has 0 saturated carbocycles. The SMILES string of the molecule is Cc1ccc(O)c(NC(=O)C(=O)Nc2nc(C)c(C)s2)c1. The Morgan fingerprint density at radius 3 is 2.43 bits per heavy atom. The number of rotatable bonds is 2. The fraction of sp³-hybridized carbons (Fsp3) is 0.214. The second-order valence-corrected chi connectivity index (χ2v) is 5.79. The number of anilines is 2. The molecule has 110 valence electrons. The van der Waals surface area contributed by atoms with Gasteiger partial charge < -0.3 is 10.4 Å². The first-order valence-corrected chi connectivity index (χ1v) is 7.04. The maximum Gasteiger partial charge on any atom is 0.315 e. The molecule has 7 heteroatoms. The zero-order valence-corrected chi connectivity index (χ0v) is 12.7. The Bertz CT molecular complexity index is 690. The quantitative estimate of drug-likeness (QED) is 0.586. The number of hydrogen-bond donors (Lipinski definition) is 3. The smallest absolute Gasteiger partial charge is 0.315 e. The van der Waals surface area contributed by atoms with Crippen LogP contribution in [0.5, 0.6) is 5.75 Å². The molecule has 2 aromatic rings. The molecule has 0 aliphatic heterocycles.